The normalized spacial score (nSPS) is 9.89. The van der Waals surface area contributed by atoms with Gasteiger partial charge in [-0.1, -0.05) is 18.2 Å². The maximum Gasteiger partial charge on any atom is 0.140 e. The van der Waals surface area contributed by atoms with Crippen molar-refractivity contribution in [1.82, 2.24) is 10.3 Å². The summed E-state index contributed by atoms with van der Waals surface area (Å²) in [6, 6.07) is 13.5. The van der Waals surface area contributed by atoms with Crippen molar-refractivity contribution in [2.45, 2.75) is 13.2 Å². The third kappa shape index (κ3) is 3.54. The van der Waals surface area contributed by atoms with Gasteiger partial charge in [0.1, 0.15) is 24.1 Å². The Morgan fingerprint density at radius 2 is 2.16 bits per heavy atom. The minimum atomic E-state index is 0.407. The van der Waals surface area contributed by atoms with Crippen LogP contribution in [0.5, 0.6) is 5.75 Å². The van der Waals surface area contributed by atoms with E-state index in [-0.39, 0.29) is 0 Å². The zero-order valence-electron chi connectivity index (χ0n) is 10.8. The molecule has 0 aliphatic rings. The molecule has 4 nitrogen and oxygen atoms in total. The first-order chi connectivity index (χ1) is 9.33. The smallest absolute Gasteiger partial charge is 0.140 e. The molecule has 96 valence electrons. The van der Waals surface area contributed by atoms with Gasteiger partial charge in [0, 0.05) is 18.3 Å². The lowest BCUT2D eigenvalue weighted by atomic mass is 10.2. The van der Waals surface area contributed by atoms with Crippen molar-refractivity contribution in [2.75, 3.05) is 7.05 Å². The summed E-state index contributed by atoms with van der Waals surface area (Å²) >= 11 is 0. The van der Waals surface area contributed by atoms with Crippen molar-refractivity contribution in [1.29, 1.82) is 5.26 Å². The standard InChI is InChI=1S/C15H15N3O/c1-17-10-13-4-2-3-5-15(13)19-11-12-6-7-18-14(8-12)9-16/h2-8,17H,10-11H2,1H3. The fourth-order valence-electron chi connectivity index (χ4n) is 1.77. The third-order valence-electron chi connectivity index (χ3n) is 2.67. The van der Waals surface area contributed by atoms with Crippen LogP contribution in [0.3, 0.4) is 0 Å². The highest BCUT2D eigenvalue weighted by Gasteiger charge is 2.03. The molecule has 1 N–H and O–H groups in total. The summed E-state index contributed by atoms with van der Waals surface area (Å²) < 4.78 is 5.80. The third-order valence-corrected chi connectivity index (χ3v) is 2.67. The van der Waals surface area contributed by atoms with Crippen LogP contribution in [0.1, 0.15) is 16.8 Å². The highest BCUT2D eigenvalue weighted by atomic mass is 16.5. The minimum Gasteiger partial charge on any atom is -0.489 e. The van der Waals surface area contributed by atoms with Crippen molar-refractivity contribution in [3.63, 3.8) is 0 Å². The number of ether oxygens (including phenoxy) is 1. The van der Waals surface area contributed by atoms with Crippen LogP contribution >= 0.6 is 0 Å². The first kappa shape index (κ1) is 13.1. The molecule has 19 heavy (non-hydrogen) atoms. The molecule has 0 bridgehead atoms. The van der Waals surface area contributed by atoms with Crippen molar-refractivity contribution in [3.8, 4) is 11.8 Å². The number of hydrogen-bond acceptors (Lipinski definition) is 4. The monoisotopic (exact) mass is 253 g/mol. The van der Waals surface area contributed by atoms with Crippen molar-refractivity contribution < 1.29 is 4.74 Å². The Hall–Kier alpha value is -2.38. The molecule has 0 amide bonds. The molecule has 0 radical (unpaired) electrons. The largest absolute Gasteiger partial charge is 0.489 e. The second kappa shape index (κ2) is 6.53. The van der Waals surface area contributed by atoms with Gasteiger partial charge in [0.05, 0.1) is 0 Å². The molecular formula is C15H15N3O. The Bertz CT molecular complexity index is 590. The molecule has 0 saturated carbocycles. The number of nitriles is 1. The van der Waals surface area contributed by atoms with E-state index in [1.165, 1.54) is 0 Å². The van der Waals surface area contributed by atoms with Crippen LogP contribution in [-0.4, -0.2) is 12.0 Å². The van der Waals surface area contributed by atoms with Gasteiger partial charge >= 0.3 is 0 Å². The molecule has 0 saturated heterocycles. The van der Waals surface area contributed by atoms with Gasteiger partial charge < -0.3 is 10.1 Å². The van der Waals surface area contributed by atoms with Gasteiger partial charge in [-0.15, -0.1) is 0 Å². The number of nitrogens with one attached hydrogen (secondary N) is 1. The van der Waals surface area contributed by atoms with E-state index in [1.54, 1.807) is 12.3 Å². The maximum absolute atomic E-state index is 8.80. The van der Waals surface area contributed by atoms with Gasteiger partial charge in [-0.25, -0.2) is 4.98 Å². The number of pyridine rings is 1. The second-order valence-corrected chi connectivity index (χ2v) is 4.09. The summed E-state index contributed by atoms with van der Waals surface area (Å²) in [6.07, 6.45) is 1.62. The molecule has 2 aromatic rings. The molecule has 0 fully saturated rings. The van der Waals surface area contributed by atoms with Crippen LogP contribution in [0, 0.1) is 11.3 Å². The molecule has 1 heterocycles. The number of rotatable bonds is 5. The molecule has 0 spiro atoms. The van der Waals surface area contributed by atoms with E-state index in [1.807, 2.05) is 43.4 Å². The molecule has 0 aliphatic carbocycles. The Balaban J connectivity index is 2.08. The summed E-state index contributed by atoms with van der Waals surface area (Å²) in [5.74, 6) is 0.854. The minimum absolute atomic E-state index is 0.407. The molecule has 2 rings (SSSR count). The predicted molar refractivity (Wildman–Crippen MR) is 72.5 cm³/mol. The molecule has 4 heteroatoms. The Labute approximate surface area is 112 Å². The molecule has 1 aromatic heterocycles. The lowest BCUT2D eigenvalue weighted by Gasteiger charge is -2.11. The SMILES string of the molecule is CNCc1ccccc1OCc1ccnc(C#N)c1. The van der Waals surface area contributed by atoms with Crippen LogP contribution < -0.4 is 10.1 Å². The van der Waals surface area contributed by atoms with Crippen molar-refractivity contribution >= 4 is 0 Å². The highest BCUT2D eigenvalue weighted by Crippen LogP contribution is 2.19. The Morgan fingerprint density at radius 3 is 2.95 bits per heavy atom. The summed E-state index contributed by atoms with van der Waals surface area (Å²) in [5.41, 5.74) is 2.45. The van der Waals surface area contributed by atoms with E-state index < -0.39 is 0 Å². The Morgan fingerprint density at radius 1 is 1.32 bits per heavy atom. The average molecular weight is 253 g/mol. The zero-order chi connectivity index (χ0) is 13.5. The first-order valence-electron chi connectivity index (χ1n) is 6.04. The van der Waals surface area contributed by atoms with Crippen LogP contribution in [0.4, 0.5) is 0 Å². The Kier molecular flexibility index (Phi) is 4.49. The lowest BCUT2D eigenvalue weighted by molar-refractivity contribution is 0.302. The van der Waals surface area contributed by atoms with Crippen LogP contribution in [0.2, 0.25) is 0 Å². The van der Waals surface area contributed by atoms with Gasteiger partial charge in [-0.05, 0) is 30.8 Å². The van der Waals surface area contributed by atoms with E-state index in [0.29, 0.717) is 12.3 Å². The second-order valence-electron chi connectivity index (χ2n) is 4.09. The van der Waals surface area contributed by atoms with Gasteiger partial charge in [0.25, 0.3) is 0 Å². The summed E-state index contributed by atoms with van der Waals surface area (Å²) in [5, 5.41) is 11.9. The number of para-hydroxylation sites is 1. The van der Waals surface area contributed by atoms with E-state index in [0.717, 1.165) is 23.4 Å². The average Bonchev–Trinajstić information content (AvgIpc) is 2.47. The number of benzene rings is 1. The lowest BCUT2D eigenvalue weighted by Crippen LogP contribution is -2.07. The van der Waals surface area contributed by atoms with Gasteiger partial charge in [-0.3, -0.25) is 0 Å². The highest BCUT2D eigenvalue weighted by molar-refractivity contribution is 5.33. The summed E-state index contributed by atoms with van der Waals surface area (Å²) in [7, 11) is 1.90. The van der Waals surface area contributed by atoms with E-state index in [9.17, 15) is 0 Å². The fourth-order valence-corrected chi connectivity index (χ4v) is 1.77. The number of hydrogen-bond donors (Lipinski definition) is 1. The zero-order valence-corrected chi connectivity index (χ0v) is 10.8. The molecule has 0 aliphatic heterocycles. The van der Waals surface area contributed by atoms with Crippen LogP contribution in [0.15, 0.2) is 42.6 Å². The predicted octanol–water partition coefficient (Wildman–Crippen LogP) is 2.25. The van der Waals surface area contributed by atoms with Gasteiger partial charge in [-0.2, -0.15) is 5.26 Å². The van der Waals surface area contributed by atoms with E-state index in [4.69, 9.17) is 10.00 Å². The van der Waals surface area contributed by atoms with E-state index in [2.05, 4.69) is 10.3 Å². The van der Waals surface area contributed by atoms with Gasteiger partial charge in [0.2, 0.25) is 0 Å². The summed E-state index contributed by atoms with van der Waals surface area (Å²) in [6.45, 7) is 1.19. The van der Waals surface area contributed by atoms with Crippen LogP contribution in [0.25, 0.3) is 0 Å². The van der Waals surface area contributed by atoms with Crippen molar-refractivity contribution in [3.05, 3.63) is 59.4 Å². The molecule has 0 unspecified atom stereocenters. The number of aromatic nitrogens is 1. The molecule has 1 aromatic carbocycles. The first-order valence-corrected chi connectivity index (χ1v) is 6.04. The quantitative estimate of drug-likeness (QED) is 0.888. The molecule has 0 atom stereocenters. The van der Waals surface area contributed by atoms with E-state index >= 15 is 0 Å². The maximum atomic E-state index is 8.80. The molecular weight excluding hydrogens is 238 g/mol. The topological polar surface area (TPSA) is 57.9 Å². The van der Waals surface area contributed by atoms with Crippen LogP contribution in [-0.2, 0) is 13.2 Å². The summed E-state index contributed by atoms with van der Waals surface area (Å²) in [4.78, 5) is 3.93. The van der Waals surface area contributed by atoms with Gasteiger partial charge in [0.15, 0.2) is 0 Å². The fraction of sp³-hybridized carbons (Fsp3) is 0.200. The number of nitrogens with zero attached hydrogens (tertiary/aromatic N) is 2. The van der Waals surface area contributed by atoms with Crippen molar-refractivity contribution in [2.24, 2.45) is 0 Å².